The molecule has 5 heteroatoms. The molecule has 0 aliphatic heterocycles. The van der Waals surface area contributed by atoms with Gasteiger partial charge >= 0.3 is 0 Å². The zero-order chi connectivity index (χ0) is 13.5. The zero-order valence-electron chi connectivity index (χ0n) is 10.1. The molecule has 0 saturated heterocycles. The summed E-state index contributed by atoms with van der Waals surface area (Å²) in [5, 5.41) is 8.66. The fraction of sp³-hybridized carbons (Fsp3) is 0.385. The van der Waals surface area contributed by atoms with Crippen LogP contribution in [0.2, 0.25) is 5.02 Å². The summed E-state index contributed by atoms with van der Waals surface area (Å²) in [6.45, 7) is 2.45. The van der Waals surface area contributed by atoms with Crippen molar-refractivity contribution in [3.8, 4) is 6.07 Å². The average molecular weight is 285 g/mol. The first-order valence-electron chi connectivity index (χ1n) is 5.59. The molecule has 1 rings (SSSR count). The van der Waals surface area contributed by atoms with Gasteiger partial charge in [0.2, 0.25) is 5.91 Å². The van der Waals surface area contributed by atoms with Crippen LogP contribution in [0, 0.1) is 11.3 Å². The van der Waals surface area contributed by atoms with Gasteiger partial charge in [0.05, 0.1) is 12.5 Å². The predicted molar refractivity (Wildman–Crippen MR) is 72.4 cm³/mol. The van der Waals surface area contributed by atoms with E-state index in [1.165, 1.54) is 0 Å². The van der Waals surface area contributed by atoms with Crippen LogP contribution in [-0.2, 0) is 11.3 Å². The van der Waals surface area contributed by atoms with Crippen molar-refractivity contribution in [3.05, 3.63) is 34.9 Å². The summed E-state index contributed by atoms with van der Waals surface area (Å²) in [7, 11) is 0. The molecule has 0 bridgehead atoms. The van der Waals surface area contributed by atoms with Gasteiger partial charge in [-0.25, -0.2) is 0 Å². The lowest BCUT2D eigenvalue weighted by molar-refractivity contribution is -0.131. The summed E-state index contributed by atoms with van der Waals surface area (Å²) < 4.78 is 0. The molecule has 0 N–H and O–H groups in total. The Labute approximate surface area is 117 Å². The number of nitrogens with zero attached hydrogens (tertiary/aromatic N) is 2. The van der Waals surface area contributed by atoms with Gasteiger partial charge in [-0.1, -0.05) is 23.7 Å². The highest BCUT2D eigenvalue weighted by Crippen LogP contribution is 2.13. The summed E-state index contributed by atoms with van der Waals surface area (Å²) in [5.41, 5.74) is 0.961. The highest BCUT2D eigenvalue weighted by atomic mass is 35.5. The Morgan fingerprint density at radius 3 is 2.56 bits per heavy atom. The van der Waals surface area contributed by atoms with Crippen molar-refractivity contribution in [2.24, 2.45) is 0 Å². The van der Waals surface area contributed by atoms with Crippen LogP contribution < -0.4 is 0 Å². The lowest BCUT2D eigenvalue weighted by atomic mass is 10.2. The first-order valence-corrected chi connectivity index (χ1v) is 6.40. The van der Waals surface area contributed by atoms with Crippen molar-refractivity contribution in [2.45, 2.75) is 25.3 Å². The molecule has 0 aliphatic carbocycles. The van der Waals surface area contributed by atoms with E-state index in [2.05, 4.69) is 0 Å². The van der Waals surface area contributed by atoms with Gasteiger partial charge in [-0.3, -0.25) is 4.79 Å². The summed E-state index contributed by atoms with van der Waals surface area (Å²) >= 11 is 11.6. The van der Waals surface area contributed by atoms with Gasteiger partial charge in [-0.2, -0.15) is 5.26 Å². The number of carbonyl (C=O) groups is 1. The number of hydrogen-bond acceptors (Lipinski definition) is 2. The normalized spacial score (nSPS) is 11.7. The molecule has 0 aliphatic rings. The molecule has 1 atom stereocenters. The lowest BCUT2D eigenvalue weighted by Crippen LogP contribution is -2.35. The summed E-state index contributed by atoms with van der Waals surface area (Å²) in [4.78, 5) is 13.5. The van der Waals surface area contributed by atoms with Crippen molar-refractivity contribution < 1.29 is 4.79 Å². The van der Waals surface area contributed by atoms with Gasteiger partial charge in [0, 0.05) is 18.1 Å². The monoisotopic (exact) mass is 284 g/mol. The Kier molecular flexibility index (Phi) is 5.97. The Hall–Kier alpha value is -1.24. The first kappa shape index (κ1) is 14.8. The second-order valence-corrected chi connectivity index (χ2v) is 5.00. The number of nitriles is 1. The molecule has 1 aromatic rings. The standard InChI is InChI=1S/C13H14Cl2N2O/c1-10(14)13(18)17(8-2-7-16)9-11-3-5-12(15)6-4-11/h3-6,10H,2,8-9H2,1H3. The molecule has 0 saturated carbocycles. The Bertz CT molecular complexity index is 437. The number of amides is 1. The lowest BCUT2D eigenvalue weighted by Gasteiger charge is -2.23. The maximum absolute atomic E-state index is 11.9. The van der Waals surface area contributed by atoms with Crippen LogP contribution in [0.25, 0.3) is 0 Å². The number of hydrogen-bond donors (Lipinski definition) is 0. The van der Waals surface area contributed by atoms with Crippen molar-refractivity contribution in [1.29, 1.82) is 5.26 Å². The molecule has 0 spiro atoms. The predicted octanol–water partition coefficient (Wildman–Crippen LogP) is 3.21. The van der Waals surface area contributed by atoms with E-state index in [0.717, 1.165) is 5.56 Å². The zero-order valence-corrected chi connectivity index (χ0v) is 11.6. The molecule has 3 nitrogen and oxygen atoms in total. The molecule has 1 aromatic carbocycles. The van der Waals surface area contributed by atoms with E-state index in [9.17, 15) is 4.79 Å². The molecule has 0 radical (unpaired) electrons. The summed E-state index contributed by atoms with van der Waals surface area (Å²) in [6, 6.07) is 9.28. The molecule has 0 fully saturated rings. The topological polar surface area (TPSA) is 44.1 Å². The van der Waals surface area contributed by atoms with E-state index in [4.69, 9.17) is 28.5 Å². The fourth-order valence-corrected chi connectivity index (χ4v) is 1.78. The molecule has 1 unspecified atom stereocenters. The van der Waals surface area contributed by atoms with E-state index in [1.807, 2.05) is 18.2 Å². The summed E-state index contributed by atoms with van der Waals surface area (Å²) in [6.07, 6.45) is 0.295. The van der Waals surface area contributed by atoms with Gasteiger partial charge in [-0.15, -0.1) is 11.6 Å². The van der Waals surface area contributed by atoms with Gasteiger partial charge in [0.1, 0.15) is 5.38 Å². The number of rotatable bonds is 5. The van der Waals surface area contributed by atoms with E-state index in [-0.39, 0.29) is 5.91 Å². The third-order valence-electron chi connectivity index (χ3n) is 2.43. The van der Waals surface area contributed by atoms with Crippen LogP contribution in [0.4, 0.5) is 0 Å². The minimum Gasteiger partial charge on any atom is -0.336 e. The largest absolute Gasteiger partial charge is 0.336 e. The molecule has 18 heavy (non-hydrogen) atoms. The first-order chi connectivity index (χ1) is 8.54. The molecular formula is C13H14Cl2N2O. The molecule has 96 valence electrons. The van der Waals surface area contributed by atoms with Crippen molar-refractivity contribution in [2.75, 3.05) is 6.54 Å². The quantitative estimate of drug-likeness (QED) is 0.780. The second-order valence-electron chi connectivity index (χ2n) is 3.91. The number of carbonyl (C=O) groups excluding carboxylic acids is 1. The van der Waals surface area contributed by atoms with Crippen LogP contribution in [0.3, 0.4) is 0 Å². The van der Waals surface area contributed by atoms with Gasteiger partial charge < -0.3 is 4.90 Å². The van der Waals surface area contributed by atoms with Crippen molar-refractivity contribution in [1.82, 2.24) is 4.90 Å². The van der Waals surface area contributed by atoms with Gasteiger partial charge in [0.25, 0.3) is 0 Å². The van der Waals surface area contributed by atoms with Crippen LogP contribution in [0.15, 0.2) is 24.3 Å². The maximum atomic E-state index is 11.9. The number of alkyl halides is 1. The van der Waals surface area contributed by atoms with Crippen molar-refractivity contribution in [3.63, 3.8) is 0 Å². The molecule has 1 amide bonds. The second kappa shape index (κ2) is 7.25. The van der Waals surface area contributed by atoms with Crippen LogP contribution in [-0.4, -0.2) is 22.7 Å². The van der Waals surface area contributed by atoms with E-state index >= 15 is 0 Å². The molecule has 0 aromatic heterocycles. The Morgan fingerprint density at radius 1 is 1.44 bits per heavy atom. The maximum Gasteiger partial charge on any atom is 0.240 e. The van der Waals surface area contributed by atoms with Crippen LogP contribution in [0.1, 0.15) is 18.9 Å². The summed E-state index contributed by atoms with van der Waals surface area (Å²) in [5.74, 6) is -0.165. The minimum absolute atomic E-state index is 0.165. The number of halogens is 2. The van der Waals surface area contributed by atoms with Gasteiger partial charge in [-0.05, 0) is 24.6 Å². The molecule has 0 heterocycles. The van der Waals surface area contributed by atoms with E-state index in [1.54, 1.807) is 24.0 Å². The Balaban J connectivity index is 2.75. The average Bonchev–Trinajstić information content (AvgIpc) is 2.35. The van der Waals surface area contributed by atoms with E-state index < -0.39 is 5.38 Å². The highest BCUT2D eigenvalue weighted by Gasteiger charge is 2.18. The molecular weight excluding hydrogens is 271 g/mol. The van der Waals surface area contributed by atoms with E-state index in [0.29, 0.717) is 24.5 Å². The van der Waals surface area contributed by atoms with Crippen molar-refractivity contribution >= 4 is 29.1 Å². The van der Waals surface area contributed by atoms with Crippen LogP contribution >= 0.6 is 23.2 Å². The number of benzene rings is 1. The third kappa shape index (κ3) is 4.56. The third-order valence-corrected chi connectivity index (χ3v) is 2.87. The fourth-order valence-electron chi connectivity index (χ4n) is 1.51. The Morgan fingerprint density at radius 2 is 2.06 bits per heavy atom. The van der Waals surface area contributed by atoms with Crippen LogP contribution in [0.5, 0.6) is 0 Å². The van der Waals surface area contributed by atoms with Gasteiger partial charge in [0.15, 0.2) is 0 Å². The smallest absolute Gasteiger partial charge is 0.240 e. The highest BCUT2D eigenvalue weighted by molar-refractivity contribution is 6.30. The SMILES string of the molecule is CC(Cl)C(=O)N(CCC#N)Cc1ccc(Cl)cc1. The minimum atomic E-state index is -0.587.